The smallest absolute Gasteiger partial charge is 0.378 e. The second kappa shape index (κ2) is 10.0. The first kappa shape index (κ1) is 25.9. The average molecular weight is 545 g/mol. The van der Waals surface area contributed by atoms with Gasteiger partial charge in [0.15, 0.2) is 11.6 Å². The third kappa shape index (κ3) is 5.29. The number of rotatable bonds is 6. The van der Waals surface area contributed by atoms with Gasteiger partial charge in [-0.25, -0.2) is 18.4 Å². The van der Waals surface area contributed by atoms with Crippen LogP contribution in [0.4, 0.5) is 18.9 Å². The maximum Gasteiger partial charge on any atom is 0.501 e. The van der Waals surface area contributed by atoms with E-state index >= 15 is 0 Å². The van der Waals surface area contributed by atoms with Crippen molar-refractivity contribution in [2.24, 2.45) is 0 Å². The Balaban J connectivity index is 1.53. The van der Waals surface area contributed by atoms with E-state index in [0.717, 1.165) is 24.8 Å². The maximum absolute atomic E-state index is 13.0. The summed E-state index contributed by atoms with van der Waals surface area (Å²) < 4.78 is 69.1. The number of benzene rings is 1. The zero-order valence-electron chi connectivity index (χ0n) is 18.7. The van der Waals surface area contributed by atoms with Gasteiger partial charge in [-0.2, -0.15) is 23.0 Å². The Labute approximate surface area is 209 Å². The number of nitrogens with one attached hydrogen (secondary N) is 1. The number of aromatic nitrogens is 4. The second-order valence-electron chi connectivity index (χ2n) is 7.82. The van der Waals surface area contributed by atoms with Crippen molar-refractivity contribution in [3.05, 3.63) is 59.3 Å². The van der Waals surface area contributed by atoms with Gasteiger partial charge in [-0.05, 0) is 37.3 Å². The minimum atomic E-state index is -5.69. The van der Waals surface area contributed by atoms with E-state index in [-0.39, 0.29) is 10.6 Å². The Morgan fingerprint density at radius 2 is 1.89 bits per heavy atom. The van der Waals surface area contributed by atoms with E-state index < -0.39 is 32.2 Å². The van der Waals surface area contributed by atoms with Crippen molar-refractivity contribution in [3.63, 3.8) is 0 Å². The van der Waals surface area contributed by atoms with Gasteiger partial charge in [0.1, 0.15) is 6.33 Å². The number of pyridine rings is 1. The molecule has 4 rings (SSSR count). The van der Waals surface area contributed by atoms with E-state index in [9.17, 15) is 26.4 Å². The van der Waals surface area contributed by atoms with Gasteiger partial charge in [0.25, 0.3) is 15.7 Å². The molecule has 1 atom stereocenters. The molecule has 1 saturated heterocycles. The van der Waals surface area contributed by atoms with Crippen LogP contribution in [0.25, 0.3) is 5.82 Å². The van der Waals surface area contributed by atoms with Crippen LogP contribution in [0.2, 0.25) is 5.02 Å². The van der Waals surface area contributed by atoms with E-state index in [2.05, 4.69) is 25.3 Å². The molecule has 0 radical (unpaired) electrons. The largest absolute Gasteiger partial charge is 0.501 e. The van der Waals surface area contributed by atoms with Crippen molar-refractivity contribution in [1.82, 2.24) is 25.1 Å². The Hall–Kier alpha value is -3.23. The highest BCUT2D eigenvalue weighted by Gasteiger charge is 2.47. The van der Waals surface area contributed by atoms with Gasteiger partial charge < -0.3 is 15.0 Å². The summed E-state index contributed by atoms with van der Waals surface area (Å²) in [5.41, 5.74) is -4.99. The zero-order valence-corrected chi connectivity index (χ0v) is 20.3. The molecular formula is C21H20ClF3N6O4S. The molecule has 3 aromatic rings. The normalized spacial score (nSPS) is 15.5. The summed E-state index contributed by atoms with van der Waals surface area (Å²) >= 11 is 5.80. The molecule has 0 unspecified atom stereocenters. The van der Waals surface area contributed by atoms with Gasteiger partial charge in [-0.15, -0.1) is 0 Å². The number of anilines is 1. The summed E-state index contributed by atoms with van der Waals surface area (Å²) in [5, 5.41) is 6.38. The number of carbonyl (C=O) groups is 1. The lowest BCUT2D eigenvalue weighted by Crippen LogP contribution is -2.36. The van der Waals surface area contributed by atoms with E-state index in [0.29, 0.717) is 37.0 Å². The molecule has 36 heavy (non-hydrogen) atoms. The molecule has 0 aliphatic carbocycles. The van der Waals surface area contributed by atoms with Crippen molar-refractivity contribution in [3.8, 4) is 5.82 Å². The molecule has 0 bridgehead atoms. The minimum Gasteiger partial charge on any atom is -0.378 e. The average Bonchev–Trinajstić information content (AvgIpc) is 3.34. The van der Waals surface area contributed by atoms with E-state index in [1.165, 1.54) is 11.0 Å². The lowest BCUT2D eigenvalue weighted by Gasteiger charge is -2.28. The Bertz CT molecular complexity index is 1360. The van der Waals surface area contributed by atoms with Crippen molar-refractivity contribution in [2.45, 2.75) is 23.4 Å². The van der Waals surface area contributed by atoms with Crippen LogP contribution >= 0.6 is 11.6 Å². The molecule has 1 aliphatic rings. The number of sulfone groups is 1. The van der Waals surface area contributed by atoms with E-state index in [4.69, 9.17) is 16.3 Å². The second-order valence-corrected chi connectivity index (χ2v) is 10.2. The number of carbonyl (C=O) groups excluding carboxylic acids is 1. The van der Waals surface area contributed by atoms with Gasteiger partial charge >= 0.3 is 5.51 Å². The summed E-state index contributed by atoms with van der Waals surface area (Å²) in [7, 11) is -5.69. The van der Waals surface area contributed by atoms with Crippen LogP contribution in [0.1, 0.15) is 29.1 Å². The molecule has 0 saturated carbocycles. The third-order valence-electron chi connectivity index (χ3n) is 5.38. The van der Waals surface area contributed by atoms with Crippen LogP contribution in [0.5, 0.6) is 0 Å². The van der Waals surface area contributed by atoms with Gasteiger partial charge in [0, 0.05) is 23.7 Å². The maximum atomic E-state index is 13.0. The number of hydrogen-bond acceptors (Lipinski definition) is 8. The van der Waals surface area contributed by atoms with Crippen LogP contribution in [0.3, 0.4) is 0 Å². The van der Waals surface area contributed by atoms with Gasteiger partial charge in [0.2, 0.25) is 0 Å². The van der Waals surface area contributed by atoms with Crippen LogP contribution < -0.4 is 10.2 Å². The molecule has 1 fully saturated rings. The first-order valence-electron chi connectivity index (χ1n) is 10.6. The van der Waals surface area contributed by atoms with Crippen molar-refractivity contribution < 1.29 is 31.1 Å². The van der Waals surface area contributed by atoms with Gasteiger partial charge in [-0.3, -0.25) is 4.79 Å². The lowest BCUT2D eigenvalue weighted by molar-refractivity contribution is -0.0436. The fourth-order valence-electron chi connectivity index (χ4n) is 3.56. The first-order valence-corrected chi connectivity index (χ1v) is 12.5. The summed E-state index contributed by atoms with van der Waals surface area (Å²) in [4.78, 5) is 22.3. The summed E-state index contributed by atoms with van der Waals surface area (Å²) in [5.74, 6) is -0.129. The third-order valence-corrected chi connectivity index (χ3v) is 7.07. The highest BCUT2D eigenvalue weighted by atomic mass is 35.5. The number of nitrogens with zero attached hydrogens (tertiary/aromatic N) is 5. The Morgan fingerprint density at radius 3 is 2.53 bits per heavy atom. The molecule has 1 amide bonds. The van der Waals surface area contributed by atoms with Gasteiger partial charge in [0.05, 0.1) is 36.0 Å². The van der Waals surface area contributed by atoms with Crippen LogP contribution in [0.15, 0.2) is 47.8 Å². The Kier molecular flexibility index (Phi) is 7.20. The van der Waals surface area contributed by atoms with Crippen LogP contribution in [0, 0.1) is 0 Å². The molecule has 15 heteroatoms. The number of halogens is 4. The number of ether oxygens (including phenoxy) is 1. The predicted molar refractivity (Wildman–Crippen MR) is 123 cm³/mol. The van der Waals surface area contributed by atoms with Crippen LogP contribution in [-0.4, -0.2) is 65.9 Å². The minimum absolute atomic E-state index is 0.292. The number of hydrogen-bond donors (Lipinski definition) is 1. The highest BCUT2D eigenvalue weighted by molar-refractivity contribution is 7.92. The molecule has 3 heterocycles. The van der Waals surface area contributed by atoms with Crippen molar-refractivity contribution in [2.75, 3.05) is 31.2 Å². The summed E-state index contributed by atoms with van der Waals surface area (Å²) in [6.07, 6.45) is 2.95. The van der Waals surface area contributed by atoms with E-state index in [1.807, 2.05) is 6.07 Å². The zero-order chi connectivity index (χ0) is 26.1. The highest BCUT2D eigenvalue weighted by Crippen LogP contribution is 2.32. The quantitative estimate of drug-likeness (QED) is 0.503. The number of alkyl halides is 3. The number of morpholine rings is 1. The van der Waals surface area contributed by atoms with Crippen molar-refractivity contribution >= 4 is 33.0 Å². The molecule has 2 aromatic heterocycles. The predicted octanol–water partition coefficient (Wildman–Crippen LogP) is 2.94. The molecule has 10 nitrogen and oxygen atoms in total. The summed E-state index contributed by atoms with van der Waals surface area (Å²) in [6, 6.07) is 5.15. The SMILES string of the molecule is C[C@H](NC(=O)c1cc(Cl)cc(S(=O)(=O)C(F)(F)F)c1)c1ncnn1-c1ccc(N2CCOCC2)cn1. The number of amides is 1. The molecule has 1 aliphatic heterocycles. The van der Waals surface area contributed by atoms with Crippen molar-refractivity contribution in [1.29, 1.82) is 0 Å². The first-order chi connectivity index (χ1) is 17.0. The fraction of sp³-hybridized carbons (Fsp3) is 0.333. The molecule has 1 N–H and O–H groups in total. The van der Waals surface area contributed by atoms with Gasteiger partial charge in [-0.1, -0.05) is 11.6 Å². The molecular weight excluding hydrogens is 525 g/mol. The fourth-order valence-corrected chi connectivity index (χ4v) is 4.69. The molecule has 1 aromatic carbocycles. The van der Waals surface area contributed by atoms with E-state index in [1.54, 1.807) is 19.2 Å². The summed E-state index contributed by atoms with van der Waals surface area (Å²) in [6.45, 7) is 4.33. The monoisotopic (exact) mass is 544 g/mol. The molecule has 192 valence electrons. The topological polar surface area (TPSA) is 119 Å². The molecule has 0 spiro atoms. The standard InChI is InChI=1S/C21H20ClF3N6O4S/c1-13(29-20(32)14-8-15(22)10-17(9-14)36(33,34)21(23,24)25)19-27-12-28-31(19)18-3-2-16(11-26-18)30-4-6-35-7-5-30/h2-3,8-13H,4-7H2,1H3,(H,29,32)/t13-/m0/s1. The lowest BCUT2D eigenvalue weighted by atomic mass is 10.2. The Morgan fingerprint density at radius 1 is 1.17 bits per heavy atom. The van der Waals surface area contributed by atoms with Crippen LogP contribution in [-0.2, 0) is 14.6 Å².